The zero-order valence-electron chi connectivity index (χ0n) is 12.3. The van der Waals surface area contributed by atoms with Gasteiger partial charge in [0.2, 0.25) is 0 Å². The molecule has 1 aromatic heterocycles. The third-order valence-electron chi connectivity index (χ3n) is 3.33. The summed E-state index contributed by atoms with van der Waals surface area (Å²) in [5.41, 5.74) is 2.45. The van der Waals surface area contributed by atoms with Gasteiger partial charge in [-0.1, -0.05) is 44.2 Å². The van der Waals surface area contributed by atoms with Crippen LogP contribution in [0.25, 0.3) is 0 Å². The van der Waals surface area contributed by atoms with Gasteiger partial charge in [0.1, 0.15) is 0 Å². The molecule has 0 bridgehead atoms. The lowest BCUT2D eigenvalue weighted by Crippen LogP contribution is -2.21. The first-order chi connectivity index (χ1) is 9.63. The monoisotopic (exact) mass is 290 g/mol. The van der Waals surface area contributed by atoms with Gasteiger partial charge in [0.15, 0.2) is 4.80 Å². The Morgan fingerprint density at radius 2 is 1.90 bits per heavy atom. The molecule has 0 aliphatic rings. The standard InChI is InChI=1S/C16H22N2OS/c1-12(2)15-11-20-16(18(15)9-10-19)17-13(3)14-7-5-4-6-8-14/h4-8,11-13,19H,9-10H2,1-3H3/b17-16-/t13-/m0/s1. The second kappa shape index (κ2) is 6.86. The topological polar surface area (TPSA) is 37.5 Å². The number of hydrogen-bond donors (Lipinski definition) is 1. The van der Waals surface area contributed by atoms with E-state index in [4.69, 9.17) is 4.99 Å². The van der Waals surface area contributed by atoms with E-state index in [0.717, 1.165) is 4.80 Å². The molecule has 0 radical (unpaired) electrons. The number of nitrogens with zero attached hydrogens (tertiary/aromatic N) is 2. The Labute approximate surface area is 124 Å². The minimum absolute atomic E-state index is 0.125. The lowest BCUT2D eigenvalue weighted by Gasteiger charge is -2.11. The molecule has 1 N–H and O–H groups in total. The SMILES string of the molecule is CC(C)c1cs/c(=N\[C@@H](C)c2ccccc2)n1CCO. The van der Waals surface area contributed by atoms with E-state index in [1.807, 2.05) is 18.2 Å². The van der Waals surface area contributed by atoms with Crippen LogP contribution in [-0.4, -0.2) is 16.3 Å². The summed E-state index contributed by atoms with van der Waals surface area (Å²) in [5.74, 6) is 0.439. The number of aromatic nitrogens is 1. The number of aliphatic hydroxyl groups is 1. The molecule has 0 aliphatic heterocycles. The van der Waals surface area contributed by atoms with Crippen molar-refractivity contribution in [3.63, 3.8) is 0 Å². The molecule has 0 saturated carbocycles. The number of hydrogen-bond acceptors (Lipinski definition) is 3. The van der Waals surface area contributed by atoms with Crippen LogP contribution in [0.1, 0.15) is 44.0 Å². The maximum Gasteiger partial charge on any atom is 0.185 e. The van der Waals surface area contributed by atoms with Crippen LogP contribution in [0.5, 0.6) is 0 Å². The highest BCUT2D eigenvalue weighted by Crippen LogP contribution is 2.18. The maximum atomic E-state index is 9.26. The van der Waals surface area contributed by atoms with Crippen molar-refractivity contribution < 1.29 is 5.11 Å². The van der Waals surface area contributed by atoms with Gasteiger partial charge in [-0.3, -0.25) is 4.99 Å². The average Bonchev–Trinajstić information content (AvgIpc) is 2.83. The second-order valence-corrected chi connectivity index (χ2v) is 6.03. The van der Waals surface area contributed by atoms with Gasteiger partial charge >= 0.3 is 0 Å². The number of rotatable bonds is 5. The predicted octanol–water partition coefficient (Wildman–Crippen LogP) is 3.33. The van der Waals surface area contributed by atoms with Crippen molar-refractivity contribution in [1.29, 1.82) is 0 Å². The van der Waals surface area contributed by atoms with Gasteiger partial charge in [0, 0.05) is 17.6 Å². The van der Waals surface area contributed by atoms with E-state index in [1.54, 1.807) is 11.3 Å². The fourth-order valence-corrected chi connectivity index (χ4v) is 3.36. The zero-order valence-corrected chi connectivity index (χ0v) is 13.1. The highest BCUT2D eigenvalue weighted by Gasteiger charge is 2.10. The molecule has 0 saturated heterocycles. The van der Waals surface area contributed by atoms with E-state index in [-0.39, 0.29) is 12.6 Å². The van der Waals surface area contributed by atoms with Crippen LogP contribution in [0.2, 0.25) is 0 Å². The van der Waals surface area contributed by atoms with E-state index in [2.05, 4.69) is 42.9 Å². The maximum absolute atomic E-state index is 9.26. The van der Waals surface area contributed by atoms with Crippen LogP contribution in [0.3, 0.4) is 0 Å². The Morgan fingerprint density at radius 3 is 2.50 bits per heavy atom. The molecular formula is C16H22N2OS. The van der Waals surface area contributed by atoms with Crippen molar-refractivity contribution in [2.45, 2.75) is 39.3 Å². The third-order valence-corrected chi connectivity index (χ3v) is 4.22. The molecule has 20 heavy (non-hydrogen) atoms. The fourth-order valence-electron chi connectivity index (χ4n) is 2.20. The van der Waals surface area contributed by atoms with Crippen LogP contribution in [0.15, 0.2) is 40.7 Å². The van der Waals surface area contributed by atoms with Gasteiger partial charge in [0.05, 0.1) is 12.6 Å². The molecule has 3 nitrogen and oxygen atoms in total. The summed E-state index contributed by atoms with van der Waals surface area (Å²) >= 11 is 1.65. The van der Waals surface area contributed by atoms with E-state index in [1.165, 1.54) is 11.3 Å². The minimum atomic E-state index is 0.125. The lowest BCUT2D eigenvalue weighted by atomic mass is 10.1. The first-order valence-electron chi connectivity index (χ1n) is 7.01. The highest BCUT2D eigenvalue weighted by molar-refractivity contribution is 7.07. The molecule has 0 spiro atoms. The van der Waals surface area contributed by atoms with Gasteiger partial charge in [-0.15, -0.1) is 11.3 Å². The van der Waals surface area contributed by atoms with E-state index >= 15 is 0 Å². The molecule has 2 rings (SSSR count). The summed E-state index contributed by atoms with van der Waals surface area (Å²) in [5, 5.41) is 11.4. The Bertz CT molecular complexity index is 598. The van der Waals surface area contributed by atoms with Crippen molar-refractivity contribution in [2.24, 2.45) is 4.99 Å². The molecule has 0 fully saturated rings. The van der Waals surface area contributed by atoms with E-state index in [0.29, 0.717) is 12.5 Å². The highest BCUT2D eigenvalue weighted by atomic mass is 32.1. The minimum Gasteiger partial charge on any atom is -0.395 e. The number of thiazole rings is 1. The van der Waals surface area contributed by atoms with Crippen LogP contribution >= 0.6 is 11.3 Å². The molecule has 1 heterocycles. The summed E-state index contributed by atoms with van der Waals surface area (Å²) < 4.78 is 2.13. The Balaban J connectivity index is 2.39. The lowest BCUT2D eigenvalue weighted by molar-refractivity contribution is 0.272. The normalized spacial score (nSPS) is 13.9. The average molecular weight is 290 g/mol. The smallest absolute Gasteiger partial charge is 0.185 e. The Kier molecular flexibility index (Phi) is 5.15. The van der Waals surface area contributed by atoms with E-state index < -0.39 is 0 Å². The molecule has 2 aromatic rings. The number of benzene rings is 1. The van der Waals surface area contributed by atoms with Gasteiger partial charge in [-0.05, 0) is 18.4 Å². The molecule has 1 atom stereocenters. The molecule has 108 valence electrons. The predicted molar refractivity (Wildman–Crippen MR) is 83.9 cm³/mol. The van der Waals surface area contributed by atoms with Crippen molar-refractivity contribution in [3.05, 3.63) is 51.8 Å². The van der Waals surface area contributed by atoms with Crippen LogP contribution < -0.4 is 4.80 Å². The summed E-state index contributed by atoms with van der Waals surface area (Å²) in [6, 6.07) is 10.4. The molecule has 0 amide bonds. The Hall–Kier alpha value is -1.39. The first-order valence-corrected chi connectivity index (χ1v) is 7.89. The Morgan fingerprint density at radius 1 is 1.20 bits per heavy atom. The first kappa shape index (κ1) is 15.0. The molecular weight excluding hydrogens is 268 g/mol. The van der Waals surface area contributed by atoms with Gasteiger partial charge in [-0.25, -0.2) is 0 Å². The number of aliphatic hydroxyl groups excluding tert-OH is 1. The van der Waals surface area contributed by atoms with Crippen molar-refractivity contribution in [2.75, 3.05) is 6.61 Å². The molecule has 1 aromatic carbocycles. The van der Waals surface area contributed by atoms with Crippen molar-refractivity contribution in [3.8, 4) is 0 Å². The van der Waals surface area contributed by atoms with Crippen LogP contribution in [0, 0.1) is 0 Å². The summed E-state index contributed by atoms with van der Waals surface area (Å²) in [7, 11) is 0. The quantitative estimate of drug-likeness (QED) is 0.901. The van der Waals surface area contributed by atoms with Gasteiger partial charge in [-0.2, -0.15) is 0 Å². The molecule has 0 unspecified atom stereocenters. The summed E-state index contributed by atoms with van der Waals surface area (Å²) in [4.78, 5) is 5.81. The molecule has 4 heteroatoms. The summed E-state index contributed by atoms with van der Waals surface area (Å²) in [6.07, 6.45) is 0. The fraction of sp³-hybridized carbons (Fsp3) is 0.438. The molecule has 0 aliphatic carbocycles. The third kappa shape index (κ3) is 3.38. The van der Waals surface area contributed by atoms with Gasteiger partial charge in [0.25, 0.3) is 0 Å². The largest absolute Gasteiger partial charge is 0.395 e. The van der Waals surface area contributed by atoms with Crippen molar-refractivity contribution in [1.82, 2.24) is 4.57 Å². The second-order valence-electron chi connectivity index (χ2n) is 5.19. The summed E-state index contributed by atoms with van der Waals surface area (Å²) in [6.45, 7) is 7.19. The van der Waals surface area contributed by atoms with Crippen LogP contribution in [-0.2, 0) is 6.54 Å². The zero-order chi connectivity index (χ0) is 14.5. The van der Waals surface area contributed by atoms with Gasteiger partial charge < -0.3 is 9.67 Å². The van der Waals surface area contributed by atoms with E-state index in [9.17, 15) is 5.11 Å². The van der Waals surface area contributed by atoms with Crippen LogP contribution in [0.4, 0.5) is 0 Å². The van der Waals surface area contributed by atoms with Crippen molar-refractivity contribution >= 4 is 11.3 Å².